The Balaban J connectivity index is 0.00000361. The van der Waals surface area contributed by atoms with Gasteiger partial charge in [0.1, 0.15) is 0 Å². The van der Waals surface area contributed by atoms with Gasteiger partial charge in [0.25, 0.3) is 0 Å². The first-order valence-electron chi connectivity index (χ1n) is 6.83. The van der Waals surface area contributed by atoms with Crippen LogP contribution in [-0.4, -0.2) is 50.6 Å². The third-order valence-electron chi connectivity index (χ3n) is 3.55. The van der Waals surface area contributed by atoms with Gasteiger partial charge >= 0.3 is 0 Å². The second-order valence-corrected chi connectivity index (χ2v) is 7.15. The van der Waals surface area contributed by atoms with Gasteiger partial charge in [0, 0.05) is 31.6 Å². The number of nitrogens with two attached hydrogens (primary N) is 1. The van der Waals surface area contributed by atoms with Crippen LogP contribution in [-0.2, 0) is 14.8 Å². The van der Waals surface area contributed by atoms with Crippen LogP contribution < -0.4 is 11.1 Å². The Kier molecular flexibility index (Phi) is 8.65. The molecule has 0 spiro atoms. The number of sulfonamides is 1. The molecule has 6 nitrogen and oxygen atoms in total. The predicted molar refractivity (Wildman–Crippen MR) is 82.3 cm³/mol. The van der Waals surface area contributed by atoms with Gasteiger partial charge in [-0.25, -0.2) is 12.7 Å². The van der Waals surface area contributed by atoms with Gasteiger partial charge in [-0.15, -0.1) is 12.4 Å². The Bertz CT molecular complexity index is 403. The van der Waals surface area contributed by atoms with E-state index in [9.17, 15) is 13.2 Å². The van der Waals surface area contributed by atoms with E-state index in [2.05, 4.69) is 5.32 Å². The van der Waals surface area contributed by atoms with E-state index in [1.54, 1.807) is 6.92 Å². The van der Waals surface area contributed by atoms with Crippen LogP contribution in [0.5, 0.6) is 0 Å². The van der Waals surface area contributed by atoms with Crippen molar-refractivity contribution in [2.75, 3.05) is 25.9 Å². The fraction of sp³-hybridized carbons (Fsp3) is 0.917. The summed E-state index contributed by atoms with van der Waals surface area (Å²) >= 11 is 0. The van der Waals surface area contributed by atoms with Gasteiger partial charge in [0.15, 0.2) is 0 Å². The normalized spacial score (nSPS) is 22.6. The molecule has 0 heterocycles. The Morgan fingerprint density at radius 3 is 2.50 bits per heavy atom. The largest absolute Gasteiger partial charge is 0.356 e. The van der Waals surface area contributed by atoms with Crippen molar-refractivity contribution in [1.29, 1.82) is 0 Å². The van der Waals surface area contributed by atoms with Crippen molar-refractivity contribution in [2.45, 2.75) is 38.6 Å². The highest BCUT2D eigenvalue weighted by Crippen LogP contribution is 2.23. The number of hydrogen-bond donors (Lipinski definition) is 2. The van der Waals surface area contributed by atoms with E-state index in [1.165, 1.54) is 10.6 Å². The third-order valence-corrected chi connectivity index (χ3v) is 4.93. The van der Waals surface area contributed by atoms with Crippen LogP contribution in [0.2, 0.25) is 0 Å². The zero-order chi connectivity index (χ0) is 14.5. The summed E-state index contributed by atoms with van der Waals surface area (Å²) in [6, 6.07) is 0.150. The van der Waals surface area contributed by atoms with Crippen LogP contribution in [0.15, 0.2) is 0 Å². The van der Waals surface area contributed by atoms with E-state index in [0.717, 1.165) is 19.3 Å². The van der Waals surface area contributed by atoms with Crippen molar-refractivity contribution < 1.29 is 13.2 Å². The van der Waals surface area contributed by atoms with E-state index in [1.807, 2.05) is 0 Å². The minimum Gasteiger partial charge on any atom is -0.356 e. The molecule has 3 N–H and O–H groups in total. The maximum Gasteiger partial charge on any atom is 0.223 e. The maximum atomic E-state index is 11.8. The molecule has 8 heteroatoms. The van der Waals surface area contributed by atoms with E-state index in [0.29, 0.717) is 26.1 Å². The molecule has 1 amide bonds. The molecule has 0 radical (unpaired) electrons. The highest BCUT2D eigenvalue weighted by molar-refractivity contribution is 7.88. The van der Waals surface area contributed by atoms with Gasteiger partial charge in [0.05, 0.1) is 6.26 Å². The third kappa shape index (κ3) is 6.39. The van der Waals surface area contributed by atoms with Crippen molar-refractivity contribution in [2.24, 2.45) is 11.7 Å². The lowest BCUT2D eigenvalue weighted by Gasteiger charge is -2.18. The van der Waals surface area contributed by atoms with Gasteiger partial charge in [-0.3, -0.25) is 4.79 Å². The van der Waals surface area contributed by atoms with Gasteiger partial charge in [0.2, 0.25) is 15.9 Å². The number of nitrogens with one attached hydrogen (secondary N) is 1. The van der Waals surface area contributed by atoms with Crippen molar-refractivity contribution in [3.8, 4) is 0 Å². The first-order chi connectivity index (χ1) is 8.84. The molecular formula is C12H26ClN3O3S. The molecule has 2 atom stereocenters. The summed E-state index contributed by atoms with van der Waals surface area (Å²) < 4.78 is 24.1. The van der Waals surface area contributed by atoms with Crippen LogP contribution in [0.25, 0.3) is 0 Å². The maximum absolute atomic E-state index is 11.8. The molecule has 0 aliphatic heterocycles. The molecule has 1 aliphatic rings. The minimum absolute atomic E-state index is 0. The molecule has 1 fully saturated rings. The monoisotopic (exact) mass is 327 g/mol. The van der Waals surface area contributed by atoms with Gasteiger partial charge in [-0.1, -0.05) is 6.92 Å². The quantitative estimate of drug-likeness (QED) is 0.659. The van der Waals surface area contributed by atoms with E-state index < -0.39 is 10.0 Å². The molecule has 1 aliphatic carbocycles. The lowest BCUT2D eigenvalue weighted by Crippen LogP contribution is -2.35. The second kappa shape index (κ2) is 8.81. The average Bonchev–Trinajstić information content (AvgIpc) is 2.74. The molecule has 0 aromatic heterocycles. The first kappa shape index (κ1) is 19.6. The highest BCUT2D eigenvalue weighted by atomic mass is 35.5. The summed E-state index contributed by atoms with van der Waals surface area (Å²) in [6.07, 6.45) is 4.36. The van der Waals surface area contributed by atoms with Crippen molar-refractivity contribution in [1.82, 2.24) is 9.62 Å². The lowest BCUT2D eigenvalue weighted by molar-refractivity contribution is -0.124. The van der Waals surface area contributed by atoms with E-state index in [-0.39, 0.29) is 30.3 Å². The first-order valence-corrected chi connectivity index (χ1v) is 8.67. The highest BCUT2D eigenvalue weighted by Gasteiger charge is 2.27. The molecule has 0 bridgehead atoms. The van der Waals surface area contributed by atoms with Crippen LogP contribution in [0.1, 0.15) is 32.6 Å². The van der Waals surface area contributed by atoms with Crippen LogP contribution in [0.4, 0.5) is 0 Å². The molecule has 0 aromatic rings. The fourth-order valence-corrected chi connectivity index (χ4v) is 3.35. The Morgan fingerprint density at radius 1 is 1.40 bits per heavy atom. The summed E-state index contributed by atoms with van der Waals surface area (Å²) in [6.45, 7) is 3.22. The van der Waals surface area contributed by atoms with Crippen molar-refractivity contribution in [3.63, 3.8) is 0 Å². The second-order valence-electron chi connectivity index (χ2n) is 5.17. The zero-order valence-corrected chi connectivity index (χ0v) is 13.8. The lowest BCUT2D eigenvalue weighted by atomic mass is 10.1. The summed E-state index contributed by atoms with van der Waals surface area (Å²) in [7, 11) is -3.13. The molecule has 2 unspecified atom stereocenters. The summed E-state index contributed by atoms with van der Waals surface area (Å²) in [5, 5.41) is 2.86. The van der Waals surface area contributed by atoms with Gasteiger partial charge in [-0.2, -0.15) is 0 Å². The molecular weight excluding hydrogens is 302 g/mol. The number of carbonyl (C=O) groups excluding carboxylic acids is 1. The SMILES string of the molecule is CCN(CCCNC(=O)C1CCC(N)C1)S(C)(=O)=O.Cl. The minimum atomic E-state index is -3.13. The van der Waals surface area contributed by atoms with Crippen molar-refractivity contribution in [3.05, 3.63) is 0 Å². The number of hydrogen-bond acceptors (Lipinski definition) is 4. The van der Waals surface area contributed by atoms with Crippen LogP contribution >= 0.6 is 12.4 Å². The smallest absolute Gasteiger partial charge is 0.223 e. The number of halogens is 1. The molecule has 20 heavy (non-hydrogen) atoms. The predicted octanol–water partition coefficient (Wildman–Crippen LogP) is 0.323. The van der Waals surface area contributed by atoms with Crippen LogP contribution in [0, 0.1) is 5.92 Å². The van der Waals surface area contributed by atoms with Crippen LogP contribution in [0.3, 0.4) is 0 Å². The Hall–Kier alpha value is -0.370. The average molecular weight is 328 g/mol. The molecule has 0 saturated heterocycles. The summed E-state index contributed by atoms with van der Waals surface area (Å²) in [5.41, 5.74) is 5.77. The van der Waals surface area contributed by atoms with E-state index >= 15 is 0 Å². The zero-order valence-electron chi connectivity index (χ0n) is 12.2. The molecule has 120 valence electrons. The standard InChI is InChI=1S/C12H25N3O3S.ClH/c1-3-15(19(2,17)18)8-4-7-14-12(16)10-5-6-11(13)9-10;/h10-11H,3-9,13H2,1-2H3,(H,14,16);1H. The van der Waals surface area contributed by atoms with Gasteiger partial charge in [-0.05, 0) is 25.7 Å². The number of rotatable bonds is 7. The fourth-order valence-electron chi connectivity index (χ4n) is 2.42. The van der Waals surface area contributed by atoms with Crippen molar-refractivity contribution >= 4 is 28.3 Å². The molecule has 1 rings (SSSR count). The topological polar surface area (TPSA) is 92.5 Å². The number of amides is 1. The Morgan fingerprint density at radius 2 is 2.05 bits per heavy atom. The molecule has 1 saturated carbocycles. The Labute approximate surface area is 127 Å². The van der Waals surface area contributed by atoms with Gasteiger partial charge < -0.3 is 11.1 Å². The number of carbonyl (C=O) groups is 1. The summed E-state index contributed by atoms with van der Waals surface area (Å²) in [5.74, 6) is 0.0857. The van der Waals surface area contributed by atoms with E-state index in [4.69, 9.17) is 5.73 Å². The molecule has 0 aromatic carbocycles. The number of nitrogens with zero attached hydrogens (tertiary/aromatic N) is 1. The summed E-state index contributed by atoms with van der Waals surface area (Å²) in [4.78, 5) is 11.8.